The zero-order valence-corrected chi connectivity index (χ0v) is 8.32. The summed E-state index contributed by atoms with van der Waals surface area (Å²) in [6.45, 7) is 7.96. The van der Waals surface area contributed by atoms with Crippen molar-refractivity contribution in [1.82, 2.24) is 0 Å². The summed E-state index contributed by atoms with van der Waals surface area (Å²) in [5.41, 5.74) is 3.01. The Kier molecular flexibility index (Phi) is 5.23. The maximum atomic E-state index is 4.38. The highest BCUT2D eigenvalue weighted by molar-refractivity contribution is 7.78. The normalized spacial score (nSPS) is 9.17. The molecular weight excluding hydrogens is 166 g/mol. The van der Waals surface area contributed by atoms with Gasteiger partial charge in [-0.2, -0.15) is 4.99 Å². The maximum absolute atomic E-state index is 4.38. The molecule has 0 saturated heterocycles. The first-order valence-electron chi connectivity index (χ1n) is 3.72. The van der Waals surface area contributed by atoms with Crippen molar-refractivity contribution in [2.45, 2.75) is 20.3 Å². The summed E-state index contributed by atoms with van der Waals surface area (Å²) in [7, 11) is 0. The van der Waals surface area contributed by atoms with Gasteiger partial charge < -0.3 is 0 Å². The molecule has 2 heteroatoms. The number of hydrogen-bond donors (Lipinski definition) is 0. The first kappa shape index (κ1) is 11.1. The molecule has 0 fully saturated rings. The van der Waals surface area contributed by atoms with Crippen molar-refractivity contribution >= 4 is 17.4 Å². The molecule has 0 aromatic carbocycles. The van der Waals surface area contributed by atoms with E-state index in [1.54, 1.807) is 0 Å². The largest absolute Gasteiger partial charge is 0.194 e. The van der Waals surface area contributed by atoms with Gasteiger partial charge in [-0.15, -0.1) is 12.3 Å². The van der Waals surface area contributed by atoms with Crippen LogP contribution in [0, 0.1) is 5.41 Å². The minimum absolute atomic E-state index is 0.127. The molecule has 0 unspecified atom stereocenters. The van der Waals surface area contributed by atoms with Gasteiger partial charge in [0.2, 0.25) is 0 Å². The smallest absolute Gasteiger partial charge is 0.0793 e. The number of rotatable bonds is 4. The molecule has 0 aromatic rings. The van der Waals surface area contributed by atoms with Crippen molar-refractivity contribution in [3.05, 3.63) is 30.7 Å². The van der Waals surface area contributed by atoms with Crippen LogP contribution in [0.1, 0.15) is 20.3 Å². The van der Waals surface area contributed by atoms with Crippen molar-refractivity contribution in [1.29, 1.82) is 0 Å². The molecular formula is C10H13NS. The Morgan fingerprint density at radius 2 is 2.25 bits per heavy atom. The molecule has 0 aliphatic heterocycles. The summed E-state index contributed by atoms with van der Waals surface area (Å²) in [5, 5.41) is 2.23. The van der Waals surface area contributed by atoms with Gasteiger partial charge in [0.05, 0.1) is 11.4 Å². The molecule has 0 aliphatic rings. The third kappa shape index (κ3) is 5.82. The molecule has 0 N–H and O–H groups in total. The molecule has 0 spiro atoms. The second-order valence-corrected chi connectivity index (χ2v) is 3.30. The number of thiocarbonyl (C=S) groups is 1. The van der Waals surface area contributed by atoms with E-state index >= 15 is 0 Å². The van der Waals surface area contributed by atoms with Crippen LogP contribution in [0.4, 0.5) is 0 Å². The van der Waals surface area contributed by atoms with Gasteiger partial charge in [-0.1, -0.05) is 19.9 Å². The Morgan fingerprint density at radius 1 is 1.58 bits per heavy atom. The second-order valence-electron chi connectivity index (χ2n) is 3.12. The molecule has 0 rings (SSSR count). The van der Waals surface area contributed by atoms with Crippen LogP contribution in [0.15, 0.2) is 35.7 Å². The predicted molar refractivity (Wildman–Crippen MR) is 56.3 cm³/mol. The summed E-state index contributed by atoms with van der Waals surface area (Å²) in [4.78, 5) is 3.59. The number of aliphatic imine (C=N–C) groups is 1. The fourth-order valence-electron chi connectivity index (χ4n) is 0.522. The van der Waals surface area contributed by atoms with Gasteiger partial charge in [0, 0.05) is 0 Å². The summed E-state index contributed by atoms with van der Waals surface area (Å²) in [6.07, 6.45) is 6.25. The van der Waals surface area contributed by atoms with Gasteiger partial charge >= 0.3 is 0 Å². The van der Waals surface area contributed by atoms with E-state index in [0.717, 1.165) is 6.42 Å². The number of hydrogen-bond acceptors (Lipinski definition) is 2. The maximum Gasteiger partial charge on any atom is 0.0793 e. The summed E-state index contributed by atoms with van der Waals surface area (Å²) < 4.78 is 0. The lowest BCUT2D eigenvalue weighted by Crippen LogP contribution is -2.03. The van der Waals surface area contributed by atoms with Crippen molar-refractivity contribution in [2.75, 3.05) is 0 Å². The lowest BCUT2D eigenvalue weighted by molar-refractivity contribution is 0.490. The third-order valence-electron chi connectivity index (χ3n) is 1.49. The van der Waals surface area contributed by atoms with Crippen LogP contribution in [0.3, 0.4) is 0 Å². The van der Waals surface area contributed by atoms with Crippen LogP contribution in [0.2, 0.25) is 0 Å². The Morgan fingerprint density at radius 3 is 2.75 bits per heavy atom. The van der Waals surface area contributed by atoms with E-state index in [-0.39, 0.29) is 5.41 Å². The highest BCUT2D eigenvalue weighted by Crippen LogP contribution is 2.20. The molecule has 0 amide bonds. The van der Waals surface area contributed by atoms with Crippen LogP contribution in [-0.2, 0) is 0 Å². The average molecular weight is 179 g/mol. The quantitative estimate of drug-likeness (QED) is 0.279. The monoisotopic (exact) mass is 179 g/mol. The van der Waals surface area contributed by atoms with Gasteiger partial charge in [-0.05, 0) is 30.1 Å². The van der Waals surface area contributed by atoms with E-state index in [0.29, 0.717) is 0 Å². The third-order valence-corrected chi connectivity index (χ3v) is 1.60. The Balaban J connectivity index is 4.05. The zero-order chi connectivity index (χ0) is 9.45. The first-order valence-corrected chi connectivity index (χ1v) is 4.13. The number of allylic oxidation sites excluding steroid dienone is 2. The van der Waals surface area contributed by atoms with E-state index in [9.17, 15) is 0 Å². The second kappa shape index (κ2) is 5.68. The van der Waals surface area contributed by atoms with E-state index in [1.165, 1.54) is 6.20 Å². The van der Waals surface area contributed by atoms with Gasteiger partial charge in [0.15, 0.2) is 0 Å². The van der Waals surface area contributed by atoms with E-state index in [4.69, 9.17) is 0 Å². The minimum Gasteiger partial charge on any atom is -0.194 e. The number of nitrogens with zero attached hydrogens (tertiary/aromatic N) is 1. The molecule has 64 valence electrons. The van der Waals surface area contributed by atoms with Gasteiger partial charge in [-0.25, -0.2) is 0 Å². The van der Waals surface area contributed by atoms with Crippen LogP contribution in [-0.4, -0.2) is 5.16 Å². The Labute approximate surface area is 79.2 Å². The van der Waals surface area contributed by atoms with Crippen molar-refractivity contribution < 1.29 is 0 Å². The Hall–Kier alpha value is -0.940. The predicted octanol–water partition coefficient (Wildman–Crippen LogP) is 3.36. The molecule has 0 saturated carbocycles. The molecule has 12 heavy (non-hydrogen) atoms. The van der Waals surface area contributed by atoms with Crippen molar-refractivity contribution in [3.63, 3.8) is 0 Å². The minimum atomic E-state index is 0.127. The standard InChI is InChI=1S/C10H13NS/c1-4-10(2,3)7-5-6-8-11-9-12/h4-5,8H,1,7H2,2-3H3. The lowest BCUT2D eigenvalue weighted by atomic mass is 9.90. The molecule has 0 aliphatic carbocycles. The molecule has 0 aromatic heterocycles. The summed E-state index contributed by atoms with van der Waals surface area (Å²) in [5.74, 6) is 0. The molecule has 0 atom stereocenters. The summed E-state index contributed by atoms with van der Waals surface area (Å²) in [6, 6.07) is 0. The first-order chi connectivity index (χ1) is 5.62. The fourth-order valence-corrected chi connectivity index (χ4v) is 0.574. The van der Waals surface area contributed by atoms with Gasteiger partial charge in [0.1, 0.15) is 0 Å². The van der Waals surface area contributed by atoms with Crippen molar-refractivity contribution in [3.8, 4) is 0 Å². The van der Waals surface area contributed by atoms with Crippen molar-refractivity contribution in [2.24, 2.45) is 10.4 Å². The zero-order valence-electron chi connectivity index (χ0n) is 7.50. The van der Waals surface area contributed by atoms with Gasteiger partial charge in [0.25, 0.3) is 0 Å². The van der Waals surface area contributed by atoms with Gasteiger partial charge in [-0.3, -0.25) is 0 Å². The Bertz CT molecular complexity index is 251. The number of isothiocyanates is 1. The van der Waals surface area contributed by atoms with E-state index in [1.807, 2.05) is 12.2 Å². The molecule has 1 nitrogen and oxygen atoms in total. The van der Waals surface area contributed by atoms with E-state index in [2.05, 4.69) is 48.5 Å². The lowest BCUT2D eigenvalue weighted by Gasteiger charge is -2.15. The molecule has 0 heterocycles. The topological polar surface area (TPSA) is 12.4 Å². The summed E-state index contributed by atoms with van der Waals surface area (Å²) >= 11 is 4.38. The van der Waals surface area contributed by atoms with Crippen LogP contribution in [0.5, 0.6) is 0 Å². The van der Waals surface area contributed by atoms with Crippen LogP contribution in [0.25, 0.3) is 0 Å². The molecule has 0 radical (unpaired) electrons. The highest BCUT2D eigenvalue weighted by Gasteiger charge is 2.08. The average Bonchev–Trinajstić information content (AvgIpc) is 2.04. The molecule has 0 bridgehead atoms. The van der Waals surface area contributed by atoms with Crippen LogP contribution < -0.4 is 0 Å². The SMILES string of the molecule is C=CC(C)(C)CC=C=CN=C=S. The highest BCUT2D eigenvalue weighted by atomic mass is 32.1. The van der Waals surface area contributed by atoms with E-state index < -0.39 is 0 Å². The fraction of sp³-hybridized carbons (Fsp3) is 0.400. The van der Waals surface area contributed by atoms with Crippen LogP contribution >= 0.6 is 12.2 Å².